The van der Waals surface area contributed by atoms with E-state index in [1.165, 1.54) is 13.2 Å². The van der Waals surface area contributed by atoms with Gasteiger partial charge in [0.2, 0.25) is 10.0 Å². The van der Waals surface area contributed by atoms with Crippen LogP contribution in [0.5, 0.6) is 5.75 Å². The van der Waals surface area contributed by atoms with Gasteiger partial charge in [0.25, 0.3) is 0 Å². The standard InChI is InChI=1S/C13H18BrClN2O3S/c1-13(3-5-16-6-4-13)17-21(18,19)11-8-9(15)7-10(14)12(11)20-2/h7-8,16-17H,3-6H2,1-2H3. The van der Waals surface area contributed by atoms with Crippen molar-refractivity contribution in [3.05, 3.63) is 21.6 Å². The number of sulfonamides is 1. The number of hydrogen-bond donors (Lipinski definition) is 2. The lowest BCUT2D eigenvalue weighted by Crippen LogP contribution is -2.52. The van der Waals surface area contributed by atoms with Gasteiger partial charge in [0.1, 0.15) is 4.90 Å². The Bertz CT molecular complexity index is 631. The molecule has 1 saturated heterocycles. The molecule has 0 aromatic heterocycles. The second kappa shape index (κ2) is 6.42. The van der Waals surface area contributed by atoms with Crippen LogP contribution in [0.1, 0.15) is 19.8 Å². The van der Waals surface area contributed by atoms with E-state index in [9.17, 15) is 8.42 Å². The normalized spacial score (nSPS) is 18.5. The van der Waals surface area contributed by atoms with Crippen molar-refractivity contribution in [3.63, 3.8) is 0 Å². The molecule has 1 aliphatic heterocycles. The maximum Gasteiger partial charge on any atom is 0.244 e. The third kappa shape index (κ3) is 3.90. The molecule has 0 aliphatic carbocycles. The molecule has 0 saturated carbocycles. The van der Waals surface area contributed by atoms with E-state index in [2.05, 4.69) is 26.0 Å². The molecule has 1 heterocycles. The summed E-state index contributed by atoms with van der Waals surface area (Å²) in [5.74, 6) is 0.254. The predicted octanol–water partition coefficient (Wildman–Crippen LogP) is 2.53. The van der Waals surface area contributed by atoms with E-state index in [1.807, 2.05) is 6.92 Å². The van der Waals surface area contributed by atoms with E-state index in [4.69, 9.17) is 16.3 Å². The van der Waals surface area contributed by atoms with Crippen molar-refractivity contribution in [1.82, 2.24) is 10.0 Å². The molecule has 21 heavy (non-hydrogen) atoms. The van der Waals surface area contributed by atoms with E-state index < -0.39 is 15.6 Å². The summed E-state index contributed by atoms with van der Waals surface area (Å²) in [5, 5.41) is 3.55. The second-order valence-electron chi connectivity index (χ2n) is 5.34. The Kier molecular flexibility index (Phi) is 5.20. The summed E-state index contributed by atoms with van der Waals surface area (Å²) >= 11 is 9.25. The number of piperidine rings is 1. The minimum Gasteiger partial charge on any atom is -0.494 e. The summed E-state index contributed by atoms with van der Waals surface area (Å²) in [5.41, 5.74) is -0.468. The third-order valence-electron chi connectivity index (χ3n) is 3.56. The van der Waals surface area contributed by atoms with Crippen LogP contribution in [-0.4, -0.2) is 34.2 Å². The minimum absolute atomic E-state index is 0.0455. The number of ether oxygens (including phenoxy) is 1. The molecule has 1 fully saturated rings. The van der Waals surface area contributed by atoms with Gasteiger partial charge in [-0.15, -0.1) is 0 Å². The van der Waals surface area contributed by atoms with E-state index in [1.54, 1.807) is 6.07 Å². The first-order chi connectivity index (χ1) is 9.77. The van der Waals surface area contributed by atoms with Crippen LogP contribution in [-0.2, 0) is 10.0 Å². The van der Waals surface area contributed by atoms with Crippen LogP contribution in [0, 0.1) is 0 Å². The van der Waals surface area contributed by atoms with E-state index >= 15 is 0 Å². The zero-order chi connectivity index (χ0) is 15.7. The number of rotatable bonds is 4. The molecule has 8 heteroatoms. The van der Waals surface area contributed by atoms with Crippen molar-refractivity contribution in [1.29, 1.82) is 0 Å². The molecular formula is C13H18BrClN2O3S. The van der Waals surface area contributed by atoms with Gasteiger partial charge >= 0.3 is 0 Å². The Balaban J connectivity index is 2.40. The molecule has 1 aromatic carbocycles. The number of halogens is 2. The smallest absolute Gasteiger partial charge is 0.244 e. The maximum absolute atomic E-state index is 12.7. The Labute approximate surface area is 138 Å². The first-order valence-electron chi connectivity index (χ1n) is 6.55. The fourth-order valence-electron chi connectivity index (χ4n) is 2.39. The highest BCUT2D eigenvalue weighted by Crippen LogP contribution is 2.36. The molecule has 1 aliphatic rings. The van der Waals surface area contributed by atoms with Gasteiger partial charge in [0.05, 0.1) is 11.6 Å². The van der Waals surface area contributed by atoms with Crippen molar-refractivity contribution < 1.29 is 13.2 Å². The van der Waals surface area contributed by atoms with Gasteiger partial charge in [-0.1, -0.05) is 11.6 Å². The average molecular weight is 398 g/mol. The van der Waals surface area contributed by atoms with Crippen molar-refractivity contribution in [2.45, 2.75) is 30.2 Å². The van der Waals surface area contributed by atoms with Crippen LogP contribution in [0.3, 0.4) is 0 Å². The highest BCUT2D eigenvalue weighted by Gasteiger charge is 2.34. The van der Waals surface area contributed by atoms with Crippen LogP contribution < -0.4 is 14.8 Å². The molecule has 0 atom stereocenters. The molecule has 118 valence electrons. The fourth-order valence-corrected chi connectivity index (χ4v) is 5.24. The van der Waals surface area contributed by atoms with Gasteiger partial charge < -0.3 is 10.1 Å². The van der Waals surface area contributed by atoms with Gasteiger partial charge in [-0.25, -0.2) is 13.1 Å². The van der Waals surface area contributed by atoms with Crippen LogP contribution in [0.15, 0.2) is 21.5 Å². The molecule has 0 bridgehead atoms. The predicted molar refractivity (Wildman–Crippen MR) is 86.5 cm³/mol. The molecule has 5 nitrogen and oxygen atoms in total. The number of methoxy groups -OCH3 is 1. The lowest BCUT2D eigenvalue weighted by Gasteiger charge is -2.34. The summed E-state index contributed by atoms with van der Waals surface area (Å²) in [4.78, 5) is 0.0455. The summed E-state index contributed by atoms with van der Waals surface area (Å²) in [6, 6.07) is 3.00. The SMILES string of the molecule is COc1c(Br)cc(Cl)cc1S(=O)(=O)NC1(C)CCNCC1. The van der Waals surface area contributed by atoms with Crippen LogP contribution in [0.25, 0.3) is 0 Å². The zero-order valence-electron chi connectivity index (χ0n) is 11.9. The molecule has 0 radical (unpaired) electrons. The van der Waals surface area contributed by atoms with Crippen molar-refractivity contribution >= 4 is 37.6 Å². The quantitative estimate of drug-likeness (QED) is 0.819. The van der Waals surface area contributed by atoms with Gasteiger partial charge in [-0.3, -0.25) is 0 Å². The second-order valence-corrected chi connectivity index (χ2v) is 8.28. The van der Waals surface area contributed by atoms with Crippen LogP contribution in [0.4, 0.5) is 0 Å². The van der Waals surface area contributed by atoms with Gasteiger partial charge in [0.15, 0.2) is 5.75 Å². The molecular weight excluding hydrogens is 380 g/mol. The minimum atomic E-state index is -3.72. The molecule has 0 amide bonds. The third-order valence-corrected chi connectivity index (χ3v) is 6.01. The molecule has 0 spiro atoms. The van der Waals surface area contributed by atoms with Crippen molar-refractivity contribution in [2.24, 2.45) is 0 Å². The molecule has 1 aromatic rings. The van der Waals surface area contributed by atoms with Gasteiger partial charge in [-0.05, 0) is 60.9 Å². The Morgan fingerprint density at radius 3 is 2.57 bits per heavy atom. The van der Waals surface area contributed by atoms with Crippen LogP contribution in [0.2, 0.25) is 5.02 Å². The Morgan fingerprint density at radius 1 is 1.38 bits per heavy atom. The van der Waals surface area contributed by atoms with Gasteiger partial charge in [0, 0.05) is 10.6 Å². The van der Waals surface area contributed by atoms with E-state index in [-0.39, 0.29) is 10.6 Å². The maximum atomic E-state index is 12.7. The number of benzene rings is 1. The molecule has 2 N–H and O–H groups in total. The van der Waals surface area contributed by atoms with Crippen LogP contribution >= 0.6 is 27.5 Å². The zero-order valence-corrected chi connectivity index (χ0v) is 15.0. The van der Waals surface area contributed by atoms with Crippen molar-refractivity contribution in [3.8, 4) is 5.75 Å². The summed E-state index contributed by atoms with van der Waals surface area (Å²) in [6.45, 7) is 3.49. The fraction of sp³-hybridized carbons (Fsp3) is 0.538. The average Bonchev–Trinajstić information content (AvgIpc) is 2.37. The summed E-state index contributed by atoms with van der Waals surface area (Å²) in [6.07, 6.45) is 1.46. The molecule has 2 rings (SSSR count). The Hall–Kier alpha value is -0.340. The number of hydrogen-bond acceptors (Lipinski definition) is 4. The lowest BCUT2D eigenvalue weighted by molar-refractivity contribution is 0.307. The Morgan fingerprint density at radius 2 is 2.00 bits per heavy atom. The van der Waals surface area contributed by atoms with Gasteiger partial charge in [-0.2, -0.15) is 0 Å². The van der Waals surface area contributed by atoms with E-state index in [0.29, 0.717) is 9.50 Å². The summed E-state index contributed by atoms with van der Waals surface area (Å²) < 4.78 is 33.9. The van der Waals surface area contributed by atoms with Crippen molar-refractivity contribution in [2.75, 3.05) is 20.2 Å². The summed E-state index contributed by atoms with van der Waals surface area (Å²) in [7, 11) is -2.29. The molecule has 0 unspecified atom stereocenters. The topological polar surface area (TPSA) is 67.4 Å². The highest BCUT2D eigenvalue weighted by atomic mass is 79.9. The lowest BCUT2D eigenvalue weighted by atomic mass is 9.92. The monoisotopic (exact) mass is 396 g/mol. The highest BCUT2D eigenvalue weighted by molar-refractivity contribution is 9.10. The van der Waals surface area contributed by atoms with E-state index in [0.717, 1.165) is 25.9 Å². The largest absolute Gasteiger partial charge is 0.494 e. The first-order valence-corrected chi connectivity index (χ1v) is 9.20. The first kappa shape index (κ1) is 17.0. The number of nitrogens with one attached hydrogen (secondary N) is 2.